The first kappa shape index (κ1) is 23.8. The van der Waals surface area contributed by atoms with Gasteiger partial charge in [-0.1, -0.05) is 18.2 Å². The summed E-state index contributed by atoms with van der Waals surface area (Å²) < 4.78 is 55.7. The van der Waals surface area contributed by atoms with E-state index in [0.717, 1.165) is 19.2 Å². The number of alkyl halides is 3. The fraction of sp³-hybridized carbons (Fsp3) is 0.520. The van der Waals surface area contributed by atoms with E-state index in [1.807, 2.05) is 7.05 Å². The summed E-state index contributed by atoms with van der Waals surface area (Å²) in [5, 5.41) is 6.02. The summed E-state index contributed by atoms with van der Waals surface area (Å²) in [4.78, 5) is 28.3. The highest BCUT2D eigenvalue weighted by molar-refractivity contribution is 5.99. The van der Waals surface area contributed by atoms with Crippen LogP contribution in [-0.4, -0.2) is 47.7 Å². The fourth-order valence-electron chi connectivity index (χ4n) is 5.44. The number of pyridine rings is 1. The first-order valence-corrected chi connectivity index (χ1v) is 11.9. The van der Waals surface area contributed by atoms with Gasteiger partial charge in [0.15, 0.2) is 0 Å². The molecular formula is C25H28F4N4O2. The molecule has 2 aliphatic carbocycles. The van der Waals surface area contributed by atoms with Crippen molar-refractivity contribution in [3.05, 3.63) is 63.3 Å². The number of nitrogens with one attached hydrogen (secondary N) is 2. The Morgan fingerprint density at radius 2 is 1.80 bits per heavy atom. The highest BCUT2D eigenvalue weighted by Crippen LogP contribution is 2.47. The number of halogens is 4. The first-order chi connectivity index (χ1) is 16.6. The molecule has 6 nitrogen and oxygen atoms in total. The van der Waals surface area contributed by atoms with Gasteiger partial charge in [0, 0.05) is 43.0 Å². The zero-order chi connectivity index (χ0) is 25.0. The predicted molar refractivity (Wildman–Crippen MR) is 123 cm³/mol. The number of benzene rings is 1. The lowest BCUT2D eigenvalue weighted by atomic mass is 9.90. The number of carbonyl (C=O) groups is 1. The molecule has 0 unspecified atom stereocenters. The quantitative estimate of drug-likeness (QED) is 0.573. The van der Waals surface area contributed by atoms with Crippen molar-refractivity contribution in [3.63, 3.8) is 0 Å². The largest absolute Gasteiger partial charge is 0.381 e. The molecule has 2 N–H and O–H groups in total. The maximum atomic E-state index is 14.6. The van der Waals surface area contributed by atoms with Crippen LogP contribution in [0.4, 0.5) is 23.2 Å². The van der Waals surface area contributed by atoms with Gasteiger partial charge in [0.05, 0.1) is 22.9 Å². The summed E-state index contributed by atoms with van der Waals surface area (Å²) in [7, 11) is 2.05. The van der Waals surface area contributed by atoms with E-state index in [4.69, 9.17) is 0 Å². The van der Waals surface area contributed by atoms with Crippen LogP contribution in [-0.2, 0) is 0 Å². The van der Waals surface area contributed by atoms with Crippen LogP contribution in [0.25, 0.3) is 0 Å². The second kappa shape index (κ2) is 8.96. The molecule has 2 aromatic rings. The van der Waals surface area contributed by atoms with Gasteiger partial charge >= 0.3 is 0 Å². The maximum absolute atomic E-state index is 14.6. The van der Waals surface area contributed by atoms with Crippen LogP contribution in [0, 0.1) is 17.7 Å². The van der Waals surface area contributed by atoms with Crippen LogP contribution in [0.3, 0.4) is 0 Å². The number of hydrogen-bond donors (Lipinski definition) is 2. The number of nitrogens with zero attached hydrogens (tertiary/aromatic N) is 2. The number of piperidine rings is 1. The Balaban J connectivity index is 1.41. The fourth-order valence-corrected chi connectivity index (χ4v) is 5.44. The molecule has 5 rings (SSSR count). The van der Waals surface area contributed by atoms with E-state index >= 15 is 0 Å². The third-order valence-electron chi connectivity index (χ3n) is 7.58. The summed E-state index contributed by atoms with van der Waals surface area (Å²) >= 11 is 0. The third kappa shape index (κ3) is 4.44. The van der Waals surface area contributed by atoms with Crippen LogP contribution in [0.15, 0.2) is 35.3 Å². The van der Waals surface area contributed by atoms with Gasteiger partial charge in [-0.3, -0.25) is 9.59 Å². The highest BCUT2D eigenvalue weighted by Gasteiger charge is 2.55. The standard InChI is InChI=1S/C25H28F4N4O2/c1-12(15-4-3-5-16(22(15)27)24(28)29)30-25(35)19-11-33(14-6-13(26)7-14)21(34)8-20(19)31-23-17-9-32(2)10-18(17)23/h3-5,8,11-14,17-18,23-24,31H,6-7,9-10H2,1-2H3,(H,30,35)/t12-,13-,14+,17-,18+,23+/m1/s1. The van der Waals surface area contributed by atoms with E-state index in [-0.39, 0.29) is 41.6 Å². The van der Waals surface area contributed by atoms with Gasteiger partial charge in [0.25, 0.3) is 17.9 Å². The number of hydrogen-bond acceptors (Lipinski definition) is 4. The van der Waals surface area contributed by atoms with Crippen molar-refractivity contribution in [1.29, 1.82) is 0 Å². The smallest absolute Gasteiger partial charge is 0.266 e. The molecule has 0 spiro atoms. The van der Waals surface area contributed by atoms with E-state index in [1.54, 1.807) is 0 Å². The lowest BCUT2D eigenvalue weighted by Crippen LogP contribution is -2.37. The van der Waals surface area contributed by atoms with Crippen molar-refractivity contribution >= 4 is 11.6 Å². The molecule has 4 atom stereocenters. The average Bonchev–Trinajstić information content (AvgIpc) is 3.21. The Morgan fingerprint density at radius 3 is 2.43 bits per heavy atom. The first-order valence-electron chi connectivity index (χ1n) is 11.9. The molecular weight excluding hydrogens is 464 g/mol. The van der Waals surface area contributed by atoms with Gasteiger partial charge in [-0.15, -0.1) is 0 Å². The van der Waals surface area contributed by atoms with Crippen molar-refractivity contribution in [2.45, 2.75) is 50.5 Å². The second-order valence-electron chi connectivity index (χ2n) is 10.0. The molecule has 188 valence electrons. The van der Waals surface area contributed by atoms with Gasteiger partial charge in [-0.05, 0) is 38.6 Å². The molecule has 2 saturated carbocycles. The van der Waals surface area contributed by atoms with E-state index in [2.05, 4.69) is 15.5 Å². The number of carbonyl (C=O) groups excluding carboxylic acids is 1. The average molecular weight is 493 g/mol. The Labute approximate surface area is 200 Å². The molecule has 0 radical (unpaired) electrons. The molecule has 0 bridgehead atoms. The van der Waals surface area contributed by atoms with Crippen LogP contribution in [0.2, 0.25) is 0 Å². The third-order valence-corrected chi connectivity index (χ3v) is 7.58. The van der Waals surface area contributed by atoms with Crippen molar-refractivity contribution in [3.8, 4) is 0 Å². The Hall–Kier alpha value is -2.88. The number of likely N-dealkylation sites (tertiary alicyclic amines) is 1. The number of anilines is 1. The lowest BCUT2D eigenvalue weighted by molar-refractivity contribution is 0.0937. The zero-order valence-corrected chi connectivity index (χ0v) is 19.5. The zero-order valence-electron chi connectivity index (χ0n) is 19.5. The van der Waals surface area contributed by atoms with E-state index in [0.29, 0.717) is 17.5 Å². The topological polar surface area (TPSA) is 66.4 Å². The lowest BCUT2D eigenvalue weighted by Gasteiger charge is -2.32. The highest BCUT2D eigenvalue weighted by atomic mass is 19.3. The molecule has 3 fully saturated rings. The number of amides is 1. The minimum Gasteiger partial charge on any atom is -0.381 e. The van der Waals surface area contributed by atoms with Crippen LogP contribution < -0.4 is 16.2 Å². The predicted octanol–water partition coefficient (Wildman–Crippen LogP) is 4.06. The molecule has 2 heterocycles. The van der Waals surface area contributed by atoms with Crippen molar-refractivity contribution in [2.24, 2.45) is 11.8 Å². The minimum atomic E-state index is -2.98. The molecule has 10 heteroatoms. The summed E-state index contributed by atoms with van der Waals surface area (Å²) in [5.41, 5.74) is -0.556. The second-order valence-corrected chi connectivity index (χ2v) is 10.0. The van der Waals surface area contributed by atoms with E-state index in [1.165, 1.54) is 35.9 Å². The monoisotopic (exact) mass is 492 g/mol. The SMILES string of the molecule is C[C@@H](NC(=O)c1cn([C@H]2C[C@@H](F)C2)c(=O)cc1N[C@H]1[C@@H]2CN(C)C[C@@H]21)c1cccc(C(F)F)c1F. The van der Waals surface area contributed by atoms with E-state index in [9.17, 15) is 27.2 Å². The Kier molecular flexibility index (Phi) is 6.11. The number of fused-ring (bicyclic) bond motifs is 1. The summed E-state index contributed by atoms with van der Waals surface area (Å²) in [5.74, 6) is -0.767. The number of rotatable bonds is 7. The molecule has 1 aromatic carbocycles. The van der Waals surface area contributed by atoms with Crippen LogP contribution >= 0.6 is 0 Å². The number of aromatic nitrogens is 1. The van der Waals surface area contributed by atoms with E-state index < -0.39 is 35.9 Å². The Morgan fingerprint density at radius 1 is 1.14 bits per heavy atom. The van der Waals surface area contributed by atoms with Gasteiger partial charge in [-0.25, -0.2) is 17.6 Å². The maximum Gasteiger partial charge on any atom is 0.266 e. The molecule has 1 aliphatic heterocycles. The van der Waals surface area contributed by atoms with Crippen molar-refractivity contribution < 1.29 is 22.4 Å². The normalized spacial score (nSPS) is 28.4. The summed E-state index contributed by atoms with van der Waals surface area (Å²) in [6, 6.07) is 3.96. The van der Waals surface area contributed by atoms with Crippen LogP contribution in [0.5, 0.6) is 0 Å². The Bertz CT molecular complexity index is 1180. The van der Waals surface area contributed by atoms with Gasteiger partial charge < -0.3 is 20.1 Å². The molecule has 1 aromatic heterocycles. The molecule has 35 heavy (non-hydrogen) atoms. The summed E-state index contributed by atoms with van der Waals surface area (Å²) in [6.45, 7) is 3.37. The molecule has 1 saturated heterocycles. The van der Waals surface area contributed by atoms with Crippen LogP contribution in [0.1, 0.15) is 59.8 Å². The molecule has 1 amide bonds. The molecule has 3 aliphatic rings. The van der Waals surface area contributed by atoms with Gasteiger partial charge in [0.1, 0.15) is 12.0 Å². The van der Waals surface area contributed by atoms with Gasteiger partial charge in [0.2, 0.25) is 0 Å². The van der Waals surface area contributed by atoms with Crippen molar-refractivity contribution in [2.75, 3.05) is 25.5 Å². The van der Waals surface area contributed by atoms with Gasteiger partial charge in [-0.2, -0.15) is 0 Å². The van der Waals surface area contributed by atoms with Crippen molar-refractivity contribution in [1.82, 2.24) is 14.8 Å². The summed E-state index contributed by atoms with van der Waals surface area (Å²) in [6.07, 6.45) is -2.12. The minimum absolute atomic E-state index is 0.0574.